The first-order valence-electron chi connectivity index (χ1n) is 8.79. The van der Waals surface area contributed by atoms with Crippen molar-refractivity contribution < 1.29 is 9.13 Å². The van der Waals surface area contributed by atoms with Crippen LogP contribution in [0.4, 0.5) is 4.39 Å². The first-order valence-corrected chi connectivity index (χ1v) is 8.79. The molecule has 0 aliphatic heterocycles. The Hall–Kier alpha value is -1.84. The third-order valence-corrected chi connectivity index (χ3v) is 4.25. The van der Waals surface area contributed by atoms with Crippen LogP contribution in [0.2, 0.25) is 0 Å². The van der Waals surface area contributed by atoms with Crippen LogP contribution in [-0.4, -0.2) is 47.4 Å². The molecular weight excluding hydrogens is 460 g/mol. The molecule has 0 spiro atoms. The third-order valence-electron chi connectivity index (χ3n) is 4.25. The second kappa shape index (κ2) is 11.1. The summed E-state index contributed by atoms with van der Waals surface area (Å²) in [5.41, 5.74) is 3.29. The van der Waals surface area contributed by atoms with Crippen LogP contribution < -0.4 is 10.1 Å². The molecule has 0 radical (unpaired) electrons. The Morgan fingerprint density at radius 1 is 1.30 bits per heavy atom. The molecule has 1 aromatic heterocycles. The number of nitrogens with zero attached hydrogens (tertiary/aromatic N) is 4. The number of aryl methyl sites for hydroxylation is 2. The van der Waals surface area contributed by atoms with Crippen molar-refractivity contribution in [3.63, 3.8) is 0 Å². The average molecular weight is 489 g/mol. The second-order valence-corrected chi connectivity index (χ2v) is 6.17. The number of benzene rings is 1. The molecule has 0 aliphatic rings. The van der Waals surface area contributed by atoms with E-state index in [-0.39, 0.29) is 29.8 Å². The zero-order chi connectivity index (χ0) is 19.1. The van der Waals surface area contributed by atoms with Gasteiger partial charge in [0.2, 0.25) is 0 Å². The maximum absolute atomic E-state index is 12.9. The van der Waals surface area contributed by atoms with Crippen molar-refractivity contribution in [3.8, 4) is 5.75 Å². The Kier molecular flexibility index (Phi) is 9.54. The molecule has 0 atom stereocenters. The van der Waals surface area contributed by atoms with Gasteiger partial charge in [0.1, 0.15) is 18.2 Å². The van der Waals surface area contributed by atoms with Crippen molar-refractivity contribution in [2.45, 2.75) is 27.3 Å². The summed E-state index contributed by atoms with van der Waals surface area (Å²) >= 11 is 0. The van der Waals surface area contributed by atoms with Crippen LogP contribution in [0.1, 0.15) is 23.9 Å². The summed E-state index contributed by atoms with van der Waals surface area (Å²) in [4.78, 5) is 6.75. The minimum atomic E-state index is -0.267. The van der Waals surface area contributed by atoms with Gasteiger partial charge >= 0.3 is 0 Å². The molecule has 0 aliphatic carbocycles. The van der Waals surface area contributed by atoms with Crippen molar-refractivity contribution >= 4 is 29.9 Å². The molecular formula is C19H29FIN5O. The third kappa shape index (κ3) is 6.67. The average Bonchev–Trinajstić information content (AvgIpc) is 2.85. The first kappa shape index (κ1) is 23.2. The number of rotatable bonds is 7. The van der Waals surface area contributed by atoms with Gasteiger partial charge in [-0.05, 0) is 45.0 Å². The van der Waals surface area contributed by atoms with E-state index in [2.05, 4.69) is 17.3 Å². The number of hydrogen-bond acceptors (Lipinski definition) is 3. The van der Waals surface area contributed by atoms with E-state index < -0.39 is 0 Å². The topological polar surface area (TPSA) is 54.7 Å². The maximum Gasteiger partial charge on any atom is 0.194 e. The van der Waals surface area contributed by atoms with Crippen molar-refractivity contribution in [3.05, 3.63) is 47.0 Å². The predicted octanol–water partition coefficient (Wildman–Crippen LogP) is 3.27. The lowest BCUT2D eigenvalue weighted by molar-refractivity contribution is 0.281. The van der Waals surface area contributed by atoms with Crippen LogP contribution in [0.25, 0.3) is 0 Å². The molecule has 150 valence electrons. The number of hydrogen-bond donors (Lipinski definition) is 1. The van der Waals surface area contributed by atoms with E-state index in [4.69, 9.17) is 9.73 Å². The fourth-order valence-electron chi connectivity index (χ4n) is 2.61. The highest BCUT2D eigenvalue weighted by Gasteiger charge is 2.11. The smallest absolute Gasteiger partial charge is 0.194 e. The monoisotopic (exact) mass is 489 g/mol. The number of halogens is 2. The van der Waals surface area contributed by atoms with Crippen LogP contribution >= 0.6 is 24.0 Å². The molecule has 0 saturated heterocycles. The van der Waals surface area contributed by atoms with Gasteiger partial charge in [0.15, 0.2) is 5.96 Å². The Morgan fingerprint density at radius 2 is 1.96 bits per heavy atom. The Morgan fingerprint density at radius 3 is 2.52 bits per heavy atom. The summed E-state index contributed by atoms with van der Waals surface area (Å²) < 4.78 is 20.5. The Bertz CT molecular complexity index is 745. The van der Waals surface area contributed by atoms with Gasteiger partial charge in [-0.2, -0.15) is 5.10 Å². The summed E-state index contributed by atoms with van der Waals surface area (Å²) in [5, 5.41) is 7.73. The van der Waals surface area contributed by atoms with E-state index in [1.165, 1.54) is 12.1 Å². The van der Waals surface area contributed by atoms with Gasteiger partial charge in [-0.3, -0.25) is 4.68 Å². The minimum absolute atomic E-state index is 0. The molecule has 2 rings (SSSR count). The maximum atomic E-state index is 12.9. The summed E-state index contributed by atoms with van der Waals surface area (Å²) in [6.07, 6.45) is 0. The molecule has 8 heteroatoms. The zero-order valence-electron chi connectivity index (χ0n) is 16.6. The lowest BCUT2D eigenvalue weighted by Gasteiger charge is -2.22. The Balaban J connectivity index is 0.00000364. The molecule has 0 saturated carbocycles. The van der Waals surface area contributed by atoms with Crippen molar-refractivity contribution in [2.24, 2.45) is 12.0 Å². The van der Waals surface area contributed by atoms with Crippen LogP contribution in [0.5, 0.6) is 5.75 Å². The standard InChI is InChI=1S/C19H28FN5O.HI/c1-6-21-19(22-13-18-14(2)23-25(5)15(18)3)24(4)11-12-26-17-9-7-16(20)8-10-17;/h7-10H,6,11-13H2,1-5H3,(H,21,22);1H. The molecule has 0 fully saturated rings. The first-order chi connectivity index (χ1) is 12.4. The number of ether oxygens (including phenoxy) is 1. The highest BCUT2D eigenvalue weighted by molar-refractivity contribution is 14.0. The highest BCUT2D eigenvalue weighted by atomic mass is 127. The molecule has 1 N–H and O–H groups in total. The van der Waals surface area contributed by atoms with Gasteiger partial charge < -0.3 is 15.0 Å². The van der Waals surface area contributed by atoms with E-state index in [9.17, 15) is 4.39 Å². The molecule has 0 bridgehead atoms. The lowest BCUT2D eigenvalue weighted by Crippen LogP contribution is -2.40. The van der Waals surface area contributed by atoms with E-state index in [1.54, 1.807) is 12.1 Å². The van der Waals surface area contributed by atoms with Crippen LogP contribution in [0.15, 0.2) is 29.3 Å². The SMILES string of the molecule is CCNC(=NCc1c(C)nn(C)c1C)N(C)CCOc1ccc(F)cc1.I. The number of aromatic nitrogens is 2. The zero-order valence-corrected chi connectivity index (χ0v) is 19.0. The van der Waals surface area contributed by atoms with Gasteiger partial charge in [0, 0.05) is 31.9 Å². The molecule has 6 nitrogen and oxygen atoms in total. The molecule has 1 aromatic carbocycles. The quantitative estimate of drug-likeness (QED) is 0.369. The summed E-state index contributed by atoms with van der Waals surface area (Å²) in [6.45, 7) is 8.61. The van der Waals surface area contributed by atoms with Crippen molar-refractivity contribution in [1.82, 2.24) is 20.0 Å². The second-order valence-electron chi connectivity index (χ2n) is 6.17. The fourth-order valence-corrected chi connectivity index (χ4v) is 2.61. The summed E-state index contributed by atoms with van der Waals surface area (Å²) in [7, 11) is 3.91. The predicted molar refractivity (Wildman–Crippen MR) is 117 cm³/mol. The van der Waals surface area contributed by atoms with Gasteiger partial charge in [0.25, 0.3) is 0 Å². The fraction of sp³-hybridized carbons (Fsp3) is 0.474. The largest absolute Gasteiger partial charge is 0.492 e. The highest BCUT2D eigenvalue weighted by Crippen LogP contribution is 2.13. The minimum Gasteiger partial charge on any atom is -0.492 e. The van der Waals surface area contributed by atoms with E-state index in [0.717, 1.165) is 29.5 Å². The molecule has 27 heavy (non-hydrogen) atoms. The Labute approximate surface area is 177 Å². The van der Waals surface area contributed by atoms with Gasteiger partial charge in [-0.15, -0.1) is 24.0 Å². The van der Waals surface area contributed by atoms with E-state index >= 15 is 0 Å². The summed E-state index contributed by atoms with van der Waals surface area (Å²) in [5.74, 6) is 1.21. The van der Waals surface area contributed by atoms with Gasteiger partial charge in [-0.25, -0.2) is 9.38 Å². The van der Waals surface area contributed by atoms with E-state index in [1.807, 2.05) is 37.5 Å². The molecule has 2 aromatic rings. The van der Waals surface area contributed by atoms with Crippen molar-refractivity contribution in [1.29, 1.82) is 0 Å². The number of nitrogens with one attached hydrogen (secondary N) is 1. The van der Waals surface area contributed by atoms with Crippen LogP contribution in [-0.2, 0) is 13.6 Å². The van der Waals surface area contributed by atoms with Crippen LogP contribution in [0, 0.1) is 19.7 Å². The van der Waals surface area contributed by atoms with Crippen molar-refractivity contribution in [2.75, 3.05) is 26.7 Å². The lowest BCUT2D eigenvalue weighted by atomic mass is 10.2. The number of guanidine groups is 1. The molecule has 1 heterocycles. The van der Waals surface area contributed by atoms with Gasteiger partial charge in [-0.1, -0.05) is 0 Å². The number of likely N-dealkylation sites (N-methyl/N-ethyl adjacent to an activating group) is 1. The van der Waals surface area contributed by atoms with Crippen LogP contribution in [0.3, 0.4) is 0 Å². The van der Waals surface area contributed by atoms with E-state index in [0.29, 0.717) is 25.4 Å². The van der Waals surface area contributed by atoms with Gasteiger partial charge in [0.05, 0.1) is 18.8 Å². The molecule has 0 unspecified atom stereocenters. The number of aliphatic imine (C=N–C) groups is 1. The molecule has 0 amide bonds. The summed E-state index contributed by atoms with van der Waals surface area (Å²) in [6, 6.07) is 6.04. The normalized spacial score (nSPS) is 11.1.